The number of hydrogen-bond acceptors (Lipinski definition) is 3. The fourth-order valence-corrected chi connectivity index (χ4v) is 2.94. The molecule has 4 heteroatoms. The van der Waals surface area contributed by atoms with Crippen molar-refractivity contribution < 1.29 is 0 Å². The first-order valence-corrected chi connectivity index (χ1v) is 6.70. The van der Waals surface area contributed by atoms with Crippen molar-refractivity contribution in [3.63, 3.8) is 0 Å². The van der Waals surface area contributed by atoms with E-state index in [2.05, 4.69) is 51.4 Å². The van der Waals surface area contributed by atoms with Crippen LogP contribution in [0, 0.1) is 6.92 Å². The van der Waals surface area contributed by atoms with E-state index in [4.69, 9.17) is 0 Å². The summed E-state index contributed by atoms with van der Waals surface area (Å²) in [5.74, 6) is 0. The summed E-state index contributed by atoms with van der Waals surface area (Å²) < 4.78 is 1.18. The largest absolute Gasteiger partial charge is 0.308 e. The Hall–Kier alpha value is -0.710. The number of thiophene rings is 1. The van der Waals surface area contributed by atoms with Gasteiger partial charge in [-0.3, -0.25) is 4.98 Å². The molecule has 0 fully saturated rings. The molecule has 0 saturated heterocycles. The summed E-state index contributed by atoms with van der Waals surface area (Å²) in [6, 6.07) is 6.37. The van der Waals surface area contributed by atoms with Crippen LogP contribution in [-0.4, -0.2) is 4.98 Å². The summed E-state index contributed by atoms with van der Waals surface area (Å²) in [4.78, 5) is 5.51. The second-order valence-corrected chi connectivity index (χ2v) is 6.23. The predicted octanol–water partition coefficient (Wildman–Crippen LogP) is 3.50. The molecule has 0 atom stereocenters. The van der Waals surface area contributed by atoms with E-state index in [9.17, 15) is 0 Å². The van der Waals surface area contributed by atoms with Crippen molar-refractivity contribution in [3.8, 4) is 0 Å². The Kier molecular flexibility index (Phi) is 4.09. The summed E-state index contributed by atoms with van der Waals surface area (Å²) in [5, 5.41) is 3.41. The maximum Gasteiger partial charge on any atom is 0.0701 e. The zero-order valence-electron chi connectivity index (χ0n) is 9.03. The molecule has 0 aliphatic heterocycles. The van der Waals surface area contributed by atoms with Gasteiger partial charge in [0, 0.05) is 30.4 Å². The monoisotopic (exact) mass is 296 g/mol. The van der Waals surface area contributed by atoms with E-state index >= 15 is 0 Å². The minimum absolute atomic E-state index is 0.865. The highest BCUT2D eigenvalue weighted by atomic mass is 79.9. The lowest BCUT2D eigenvalue weighted by atomic mass is 10.2. The molecule has 0 aromatic carbocycles. The Bertz CT molecular complexity index is 468. The van der Waals surface area contributed by atoms with E-state index in [0.717, 1.165) is 13.1 Å². The maximum absolute atomic E-state index is 4.17. The molecule has 84 valence electrons. The van der Waals surface area contributed by atoms with Gasteiger partial charge < -0.3 is 5.32 Å². The molecule has 0 radical (unpaired) electrons. The summed E-state index contributed by atoms with van der Waals surface area (Å²) in [6.07, 6.45) is 3.78. The van der Waals surface area contributed by atoms with Crippen LogP contribution in [-0.2, 0) is 13.1 Å². The van der Waals surface area contributed by atoms with Crippen LogP contribution in [0.3, 0.4) is 0 Å². The molecule has 2 aromatic heterocycles. The van der Waals surface area contributed by atoms with Crippen LogP contribution in [0.1, 0.15) is 16.0 Å². The third-order valence-electron chi connectivity index (χ3n) is 2.19. The normalized spacial score (nSPS) is 10.6. The fraction of sp³-hybridized carbons (Fsp3) is 0.250. The Morgan fingerprint density at radius 1 is 1.31 bits per heavy atom. The lowest BCUT2D eigenvalue weighted by molar-refractivity contribution is 0.698. The van der Waals surface area contributed by atoms with E-state index in [1.54, 1.807) is 11.3 Å². The number of halogens is 1. The lowest BCUT2D eigenvalue weighted by Gasteiger charge is -2.03. The molecule has 2 heterocycles. The Morgan fingerprint density at radius 3 is 2.88 bits per heavy atom. The van der Waals surface area contributed by atoms with Gasteiger partial charge in [0.15, 0.2) is 0 Å². The van der Waals surface area contributed by atoms with Gasteiger partial charge in [-0.25, -0.2) is 0 Å². The molecule has 2 nitrogen and oxygen atoms in total. The van der Waals surface area contributed by atoms with Crippen LogP contribution in [0.4, 0.5) is 0 Å². The van der Waals surface area contributed by atoms with E-state index in [-0.39, 0.29) is 0 Å². The van der Waals surface area contributed by atoms with Crippen molar-refractivity contribution in [3.05, 3.63) is 50.4 Å². The molecule has 0 aliphatic rings. The van der Waals surface area contributed by atoms with Gasteiger partial charge in [-0.15, -0.1) is 11.3 Å². The van der Waals surface area contributed by atoms with Crippen molar-refractivity contribution in [2.75, 3.05) is 0 Å². The molecule has 0 bridgehead atoms. The molecule has 1 N–H and O–H groups in total. The molecule has 0 unspecified atom stereocenters. The van der Waals surface area contributed by atoms with Gasteiger partial charge in [0.2, 0.25) is 0 Å². The number of aryl methyl sites for hydroxylation is 1. The quantitative estimate of drug-likeness (QED) is 0.934. The molecular weight excluding hydrogens is 284 g/mol. The molecular formula is C12H13BrN2S. The number of rotatable bonds is 4. The zero-order valence-corrected chi connectivity index (χ0v) is 11.4. The summed E-state index contributed by atoms with van der Waals surface area (Å²) >= 11 is 5.22. The number of pyridine rings is 1. The van der Waals surface area contributed by atoms with E-state index < -0.39 is 0 Å². The number of nitrogens with one attached hydrogen (secondary N) is 1. The van der Waals surface area contributed by atoms with Crippen LogP contribution >= 0.6 is 27.3 Å². The van der Waals surface area contributed by atoms with Gasteiger partial charge >= 0.3 is 0 Å². The molecule has 2 aromatic rings. The minimum atomic E-state index is 0.865. The highest BCUT2D eigenvalue weighted by Crippen LogP contribution is 2.21. The Labute approximate surface area is 108 Å². The number of nitrogens with zero attached hydrogens (tertiary/aromatic N) is 1. The molecule has 0 spiro atoms. The average Bonchev–Trinajstić information content (AvgIpc) is 2.64. The van der Waals surface area contributed by atoms with Crippen LogP contribution in [0.5, 0.6) is 0 Å². The summed E-state index contributed by atoms with van der Waals surface area (Å²) in [7, 11) is 0. The third kappa shape index (κ3) is 3.40. The van der Waals surface area contributed by atoms with Crippen LogP contribution in [0.25, 0.3) is 0 Å². The van der Waals surface area contributed by atoms with Gasteiger partial charge in [0.1, 0.15) is 0 Å². The predicted molar refractivity (Wildman–Crippen MR) is 71.5 cm³/mol. The average molecular weight is 297 g/mol. The van der Waals surface area contributed by atoms with Gasteiger partial charge in [-0.2, -0.15) is 0 Å². The number of hydrogen-bond donors (Lipinski definition) is 1. The summed E-state index contributed by atoms with van der Waals surface area (Å²) in [5.41, 5.74) is 2.44. The SMILES string of the molecule is Cc1cncc(CNCc2ccc(Br)s2)c1. The van der Waals surface area contributed by atoms with Crippen LogP contribution in [0.15, 0.2) is 34.4 Å². The second kappa shape index (κ2) is 5.57. The first-order chi connectivity index (χ1) is 7.74. The van der Waals surface area contributed by atoms with E-state index in [1.165, 1.54) is 19.8 Å². The highest BCUT2D eigenvalue weighted by molar-refractivity contribution is 9.11. The first-order valence-electron chi connectivity index (χ1n) is 5.09. The Balaban J connectivity index is 1.84. The lowest BCUT2D eigenvalue weighted by Crippen LogP contribution is -2.11. The van der Waals surface area contributed by atoms with Crippen molar-refractivity contribution in [1.29, 1.82) is 0 Å². The molecule has 0 amide bonds. The Morgan fingerprint density at radius 2 is 2.19 bits per heavy atom. The maximum atomic E-state index is 4.17. The van der Waals surface area contributed by atoms with Crippen molar-refractivity contribution >= 4 is 27.3 Å². The van der Waals surface area contributed by atoms with Crippen molar-refractivity contribution in [2.45, 2.75) is 20.0 Å². The van der Waals surface area contributed by atoms with Crippen LogP contribution < -0.4 is 5.32 Å². The van der Waals surface area contributed by atoms with E-state index in [1.807, 2.05) is 12.4 Å². The van der Waals surface area contributed by atoms with Gasteiger partial charge in [-0.1, -0.05) is 6.07 Å². The zero-order chi connectivity index (χ0) is 11.4. The topological polar surface area (TPSA) is 24.9 Å². The second-order valence-electron chi connectivity index (χ2n) is 3.68. The molecule has 0 aliphatic carbocycles. The standard InChI is InChI=1S/C12H13BrN2S/c1-9-4-10(6-14-5-9)7-15-8-11-2-3-12(13)16-11/h2-6,15H,7-8H2,1H3. The third-order valence-corrected chi connectivity index (χ3v) is 3.81. The van der Waals surface area contributed by atoms with Crippen molar-refractivity contribution in [1.82, 2.24) is 10.3 Å². The number of aromatic nitrogens is 1. The first kappa shape index (κ1) is 11.8. The van der Waals surface area contributed by atoms with Gasteiger partial charge in [0.05, 0.1) is 3.79 Å². The molecule has 0 saturated carbocycles. The van der Waals surface area contributed by atoms with Crippen molar-refractivity contribution in [2.24, 2.45) is 0 Å². The van der Waals surface area contributed by atoms with Gasteiger partial charge in [0.25, 0.3) is 0 Å². The fourth-order valence-electron chi connectivity index (χ4n) is 1.49. The minimum Gasteiger partial charge on any atom is -0.308 e. The molecule has 16 heavy (non-hydrogen) atoms. The molecule has 2 rings (SSSR count). The summed E-state index contributed by atoms with van der Waals surface area (Å²) in [6.45, 7) is 3.83. The van der Waals surface area contributed by atoms with Crippen LogP contribution in [0.2, 0.25) is 0 Å². The van der Waals surface area contributed by atoms with E-state index in [0.29, 0.717) is 0 Å². The highest BCUT2D eigenvalue weighted by Gasteiger charge is 1.98. The smallest absolute Gasteiger partial charge is 0.0701 e. The van der Waals surface area contributed by atoms with Gasteiger partial charge in [-0.05, 0) is 46.1 Å².